The maximum atomic E-state index is 7.87. The molecule has 1 heterocycles. The van der Waals surface area contributed by atoms with Crippen LogP contribution in [0, 0.1) is 11.3 Å². The average Bonchev–Trinajstić information content (AvgIpc) is 2.42. The molecule has 0 bridgehead atoms. The van der Waals surface area contributed by atoms with Gasteiger partial charge < -0.3 is 4.74 Å². The predicted octanol–water partition coefficient (Wildman–Crippen LogP) is 4.19. The smallest absolute Gasteiger partial charge is 0.209 e. The molecule has 1 aliphatic heterocycles. The molecular formula is C17H19NO. The highest BCUT2D eigenvalue weighted by atomic mass is 16.5. The lowest BCUT2D eigenvalue weighted by Gasteiger charge is -2.36. The van der Waals surface area contributed by atoms with Crippen LogP contribution < -0.4 is 0 Å². The van der Waals surface area contributed by atoms with Crippen LogP contribution in [0.25, 0.3) is 6.08 Å². The Labute approximate surface area is 114 Å². The van der Waals surface area contributed by atoms with Crippen LogP contribution in [0.5, 0.6) is 0 Å². The Hall–Kier alpha value is -1.83. The largest absolute Gasteiger partial charge is 0.469 e. The minimum atomic E-state index is 0.0742. The summed E-state index contributed by atoms with van der Waals surface area (Å²) in [5, 5.41) is 7.87. The fraction of sp³-hybridized carbons (Fsp3) is 0.353. The first kappa shape index (κ1) is 12.2. The van der Waals surface area contributed by atoms with Crippen LogP contribution in [-0.2, 0) is 4.74 Å². The minimum absolute atomic E-state index is 0.0742. The summed E-state index contributed by atoms with van der Waals surface area (Å²) in [6, 6.07) is 10.4. The average molecular weight is 253 g/mol. The third-order valence-corrected chi connectivity index (χ3v) is 3.98. The van der Waals surface area contributed by atoms with Gasteiger partial charge in [0.1, 0.15) is 6.10 Å². The van der Waals surface area contributed by atoms with E-state index >= 15 is 0 Å². The zero-order valence-corrected chi connectivity index (χ0v) is 11.2. The van der Waals surface area contributed by atoms with E-state index in [1.807, 2.05) is 13.0 Å². The van der Waals surface area contributed by atoms with Crippen molar-refractivity contribution in [1.82, 2.24) is 0 Å². The molecule has 2 atom stereocenters. The zero-order chi connectivity index (χ0) is 13.2. The van der Waals surface area contributed by atoms with Crippen molar-refractivity contribution in [1.29, 1.82) is 5.41 Å². The molecule has 0 aromatic heterocycles. The van der Waals surface area contributed by atoms with Crippen LogP contribution in [-0.4, -0.2) is 12.0 Å². The van der Waals surface area contributed by atoms with Crippen LogP contribution in [0.15, 0.2) is 47.6 Å². The normalized spacial score (nSPS) is 28.6. The van der Waals surface area contributed by atoms with E-state index in [-0.39, 0.29) is 6.10 Å². The Morgan fingerprint density at radius 3 is 2.84 bits per heavy atom. The van der Waals surface area contributed by atoms with E-state index in [1.54, 1.807) is 0 Å². The number of hydrogen-bond donors (Lipinski definition) is 1. The standard InChI is InChI=1S/C17H19NO/c1-12-10-14-8-5-9-15(16(14)19-17(12)18)11-13-6-3-2-4-7-13/h2-4,6-7,10-11,14,16,18H,5,8-9H2,1H3. The van der Waals surface area contributed by atoms with Crippen molar-refractivity contribution in [2.45, 2.75) is 32.3 Å². The number of nitrogens with one attached hydrogen (secondary N) is 1. The summed E-state index contributed by atoms with van der Waals surface area (Å²) in [7, 11) is 0. The highest BCUT2D eigenvalue weighted by Crippen LogP contribution is 2.37. The first-order chi connectivity index (χ1) is 9.24. The van der Waals surface area contributed by atoms with Gasteiger partial charge in [-0.3, -0.25) is 5.41 Å². The molecule has 1 saturated carbocycles. The highest BCUT2D eigenvalue weighted by Gasteiger charge is 2.33. The van der Waals surface area contributed by atoms with Crippen molar-refractivity contribution >= 4 is 12.0 Å². The van der Waals surface area contributed by atoms with E-state index in [0.717, 1.165) is 12.0 Å². The Bertz CT molecular complexity index is 542. The first-order valence-electron chi connectivity index (χ1n) is 6.93. The molecule has 1 aromatic carbocycles. The molecule has 1 aromatic rings. The molecule has 0 radical (unpaired) electrons. The van der Waals surface area contributed by atoms with E-state index < -0.39 is 0 Å². The van der Waals surface area contributed by atoms with Crippen LogP contribution in [0.1, 0.15) is 31.7 Å². The SMILES string of the molecule is CC1=CC2CCCC(=Cc3ccccc3)C2OC1=N. The van der Waals surface area contributed by atoms with E-state index in [2.05, 4.69) is 36.4 Å². The summed E-state index contributed by atoms with van der Waals surface area (Å²) in [5.41, 5.74) is 3.53. The number of hydrogen-bond acceptors (Lipinski definition) is 2. The molecule has 98 valence electrons. The monoisotopic (exact) mass is 253 g/mol. The predicted molar refractivity (Wildman–Crippen MR) is 78.1 cm³/mol. The van der Waals surface area contributed by atoms with Crippen molar-refractivity contribution in [2.24, 2.45) is 5.92 Å². The van der Waals surface area contributed by atoms with Gasteiger partial charge in [-0.2, -0.15) is 0 Å². The van der Waals surface area contributed by atoms with Crippen molar-refractivity contribution < 1.29 is 4.74 Å². The quantitative estimate of drug-likeness (QED) is 0.799. The van der Waals surface area contributed by atoms with Crippen molar-refractivity contribution in [2.75, 3.05) is 0 Å². The number of rotatable bonds is 1. The maximum absolute atomic E-state index is 7.87. The Balaban J connectivity index is 1.91. The van der Waals surface area contributed by atoms with E-state index in [4.69, 9.17) is 10.1 Å². The molecule has 2 heteroatoms. The number of fused-ring (bicyclic) bond motifs is 1. The summed E-state index contributed by atoms with van der Waals surface area (Å²) in [4.78, 5) is 0. The van der Waals surface area contributed by atoms with E-state index in [9.17, 15) is 0 Å². The van der Waals surface area contributed by atoms with Gasteiger partial charge in [-0.15, -0.1) is 0 Å². The molecule has 0 amide bonds. The molecule has 1 aliphatic carbocycles. The lowest BCUT2D eigenvalue weighted by molar-refractivity contribution is 0.143. The summed E-state index contributed by atoms with van der Waals surface area (Å²) in [6.07, 6.45) is 7.98. The van der Waals surface area contributed by atoms with Gasteiger partial charge in [0.05, 0.1) is 0 Å². The molecule has 2 nitrogen and oxygen atoms in total. The molecule has 1 N–H and O–H groups in total. The lowest BCUT2D eigenvalue weighted by atomic mass is 9.80. The number of benzene rings is 1. The van der Waals surface area contributed by atoms with Crippen LogP contribution in [0.2, 0.25) is 0 Å². The van der Waals surface area contributed by atoms with Crippen molar-refractivity contribution in [3.8, 4) is 0 Å². The Kier molecular flexibility index (Phi) is 3.24. The minimum Gasteiger partial charge on any atom is -0.469 e. The molecule has 0 spiro atoms. The van der Waals surface area contributed by atoms with Crippen LogP contribution in [0.4, 0.5) is 0 Å². The fourth-order valence-corrected chi connectivity index (χ4v) is 2.98. The maximum Gasteiger partial charge on any atom is 0.209 e. The Morgan fingerprint density at radius 2 is 2.05 bits per heavy atom. The van der Waals surface area contributed by atoms with Crippen LogP contribution >= 0.6 is 0 Å². The second-order valence-corrected chi connectivity index (χ2v) is 5.40. The summed E-state index contributed by atoms with van der Waals surface area (Å²) in [5.74, 6) is 0.778. The fourth-order valence-electron chi connectivity index (χ4n) is 2.98. The van der Waals surface area contributed by atoms with E-state index in [0.29, 0.717) is 11.8 Å². The topological polar surface area (TPSA) is 33.1 Å². The summed E-state index contributed by atoms with van der Waals surface area (Å²) in [6.45, 7) is 1.97. The van der Waals surface area contributed by atoms with Gasteiger partial charge in [-0.05, 0) is 37.3 Å². The molecule has 3 rings (SSSR count). The van der Waals surface area contributed by atoms with Gasteiger partial charge in [0.25, 0.3) is 0 Å². The molecule has 1 fully saturated rings. The first-order valence-corrected chi connectivity index (χ1v) is 6.93. The van der Waals surface area contributed by atoms with Crippen molar-refractivity contribution in [3.05, 3.63) is 53.1 Å². The van der Waals surface area contributed by atoms with Gasteiger partial charge in [0.2, 0.25) is 5.90 Å². The van der Waals surface area contributed by atoms with Crippen LogP contribution in [0.3, 0.4) is 0 Å². The molecule has 2 aliphatic rings. The molecule has 2 unspecified atom stereocenters. The van der Waals surface area contributed by atoms with Gasteiger partial charge >= 0.3 is 0 Å². The Morgan fingerprint density at radius 1 is 1.26 bits per heavy atom. The van der Waals surface area contributed by atoms with Gasteiger partial charge in [0.15, 0.2) is 0 Å². The summed E-state index contributed by atoms with van der Waals surface area (Å²) < 4.78 is 5.83. The van der Waals surface area contributed by atoms with E-state index in [1.165, 1.54) is 24.0 Å². The molecule has 19 heavy (non-hydrogen) atoms. The van der Waals surface area contributed by atoms with Crippen molar-refractivity contribution in [3.63, 3.8) is 0 Å². The van der Waals surface area contributed by atoms with Gasteiger partial charge in [0, 0.05) is 11.5 Å². The highest BCUT2D eigenvalue weighted by molar-refractivity contribution is 5.91. The second kappa shape index (κ2) is 5.04. The lowest BCUT2D eigenvalue weighted by Crippen LogP contribution is -2.35. The third kappa shape index (κ3) is 2.48. The second-order valence-electron chi connectivity index (χ2n) is 5.40. The van der Waals surface area contributed by atoms with Gasteiger partial charge in [-0.1, -0.05) is 42.5 Å². The summed E-state index contributed by atoms with van der Waals surface area (Å²) >= 11 is 0. The number of ether oxygens (including phenoxy) is 1. The third-order valence-electron chi connectivity index (χ3n) is 3.98. The zero-order valence-electron chi connectivity index (χ0n) is 11.2. The molecular weight excluding hydrogens is 234 g/mol. The van der Waals surface area contributed by atoms with Gasteiger partial charge in [-0.25, -0.2) is 0 Å². The molecule has 0 saturated heterocycles.